The molecule has 0 fully saturated rings. The van der Waals surface area contributed by atoms with Crippen molar-refractivity contribution in [2.75, 3.05) is 26.4 Å². The molecule has 2 aromatic heterocycles. The van der Waals surface area contributed by atoms with Crippen LogP contribution >= 0.6 is 0 Å². The van der Waals surface area contributed by atoms with Crippen molar-refractivity contribution in [2.45, 2.75) is 53.4 Å². The predicted molar refractivity (Wildman–Crippen MR) is 125 cm³/mol. The fraction of sp³-hybridized carbons (Fsp3) is 0.480. The molecular weight excluding hydrogens is 407 g/mol. The van der Waals surface area contributed by atoms with Crippen LogP contribution in [0.4, 0.5) is 4.39 Å². The Bertz CT molecular complexity index is 1080. The smallest absolute Gasteiger partial charge is 0.227 e. The average Bonchev–Trinajstić information content (AvgIpc) is 3.10. The van der Waals surface area contributed by atoms with Crippen LogP contribution in [0.2, 0.25) is 0 Å². The molecule has 0 unspecified atom stereocenters. The largest absolute Gasteiger partial charge is 0.491 e. The number of amides is 1. The summed E-state index contributed by atoms with van der Waals surface area (Å²) in [4.78, 5) is 19.6. The van der Waals surface area contributed by atoms with Crippen LogP contribution in [0.15, 0.2) is 30.3 Å². The number of fused-ring (bicyclic) bond motifs is 1. The van der Waals surface area contributed by atoms with Gasteiger partial charge in [0.1, 0.15) is 19.0 Å². The van der Waals surface area contributed by atoms with Gasteiger partial charge in [0.05, 0.1) is 17.8 Å². The van der Waals surface area contributed by atoms with Crippen molar-refractivity contribution in [3.8, 4) is 17.0 Å². The summed E-state index contributed by atoms with van der Waals surface area (Å²) in [6, 6.07) is 9.44. The summed E-state index contributed by atoms with van der Waals surface area (Å²) < 4.78 is 19.7. The van der Waals surface area contributed by atoms with Gasteiger partial charge in [-0.05, 0) is 51.1 Å². The predicted octanol–water partition coefficient (Wildman–Crippen LogP) is 4.76. The van der Waals surface area contributed by atoms with Gasteiger partial charge in [-0.25, -0.2) is 13.9 Å². The molecule has 0 radical (unpaired) electrons. The standard InChI is InChI=1S/C25H33FN4O2/c1-7-29(8-2)22(31)16-20-23(18-9-11-19(12-10-18)32-14-13-26)28-30-21(25(4,5)6)15-17(3)27-24(20)30/h9-12,15H,7-8,13-14,16H2,1-6H3. The average molecular weight is 441 g/mol. The maximum atomic E-state index is 13.0. The highest BCUT2D eigenvalue weighted by molar-refractivity contribution is 5.84. The number of ether oxygens (including phenoxy) is 1. The second kappa shape index (κ2) is 9.67. The third kappa shape index (κ3) is 4.92. The Hall–Kier alpha value is -2.96. The second-order valence-electron chi connectivity index (χ2n) is 8.90. The van der Waals surface area contributed by atoms with Gasteiger partial charge in [-0.1, -0.05) is 20.8 Å². The topological polar surface area (TPSA) is 59.7 Å². The molecular formula is C25H33FN4O2. The quantitative estimate of drug-likeness (QED) is 0.507. The molecule has 6 nitrogen and oxygen atoms in total. The molecule has 0 aliphatic rings. The summed E-state index contributed by atoms with van der Waals surface area (Å²) in [5.41, 5.74) is 4.89. The first kappa shape index (κ1) is 23.7. The molecule has 0 spiro atoms. The highest BCUT2D eigenvalue weighted by Crippen LogP contribution is 2.31. The van der Waals surface area contributed by atoms with Gasteiger partial charge < -0.3 is 9.64 Å². The van der Waals surface area contributed by atoms with Crippen molar-refractivity contribution in [1.82, 2.24) is 19.5 Å². The van der Waals surface area contributed by atoms with Crippen LogP contribution in [0.5, 0.6) is 5.75 Å². The number of carbonyl (C=O) groups is 1. The Morgan fingerprint density at radius 2 is 1.81 bits per heavy atom. The molecule has 1 amide bonds. The van der Waals surface area contributed by atoms with E-state index in [2.05, 4.69) is 20.8 Å². The maximum Gasteiger partial charge on any atom is 0.227 e. The van der Waals surface area contributed by atoms with Crippen molar-refractivity contribution in [1.29, 1.82) is 0 Å². The van der Waals surface area contributed by atoms with E-state index in [4.69, 9.17) is 14.8 Å². The van der Waals surface area contributed by atoms with Crippen molar-refractivity contribution >= 4 is 11.6 Å². The van der Waals surface area contributed by atoms with Crippen molar-refractivity contribution in [2.24, 2.45) is 0 Å². The van der Waals surface area contributed by atoms with E-state index < -0.39 is 6.67 Å². The van der Waals surface area contributed by atoms with Gasteiger partial charge in [0.15, 0.2) is 5.65 Å². The Morgan fingerprint density at radius 3 is 2.38 bits per heavy atom. The van der Waals surface area contributed by atoms with E-state index in [0.29, 0.717) is 24.5 Å². The summed E-state index contributed by atoms with van der Waals surface area (Å²) >= 11 is 0. The summed E-state index contributed by atoms with van der Waals surface area (Å²) in [5, 5.41) is 4.93. The Kier molecular flexibility index (Phi) is 7.16. The third-order valence-electron chi connectivity index (χ3n) is 5.50. The number of hydrogen-bond acceptors (Lipinski definition) is 4. The minimum atomic E-state index is -0.535. The van der Waals surface area contributed by atoms with Crippen LogP contribution in [0.25, 0.3) is 16.9 Å². The molecule has 3 rings (SSSR count). The molecule has 0 atom stereocenters. The third-order valence-corrected chi connectivity index (χ3v) is 5.50. The van der Waals surface area contributed by atoms with Gasteiger partial charge in [-0.15, -0.1) is 0 Å². The molecule has 32 heavy (non-hydrogen) atoms. The van der Waals surface area contributed by atoms with Gasteiger partial charge in [-0.3, -0.25) is 4.79 Å². The van der Waals surface area contributed by atoms with Crippen LogP contribution in [0.3, 0.4) is 0 Å². The zero-order valence-corrected chi connectivity index (χ0v) is 19.9. The lowest BCUT2D eigenvalue weighted by molar-refractivity contribution is -0.130. The fourth-order valence-electron chi connectivity index (χ4n) is 3.82. The Labute approximate surface area is 189 Å². The normalized spacial score (nSPS) is 11.7. The van der Waals surface area contributed by atoms with Crippen LogP contribution in [0.1, 0.15) is 51.6 Å². The summed E-state index contributed by atoms with van der Waals surface area (Å²) in [5.74, 6) is 0.648. The summed E-state index contributed by atoms with van der Waals surface area (Å²) in [7, 11) is 0. The highest BCUT2D eigenvalue weighted by atomic mass is 19.1. The number of halogens is 1. The lowest BCUT2D eigenvalue weighted by Crippen LogP contribution is -2.31. The number of nitrogens with zero attached hydrogens (tertiary/aromatic N) is 4. The Balaban J connectivity index is 2.18. The van der Waals surface area contributed by atoms with Crippen LogP contribution < -0.4 is 4.74 Å². The lowest BCUT2D eigenvalue weighted by Gasteiger charge is -2.20. The number of hydrogen-bond donors (Lipinski definition) is 0. The first-order chi connectivity index (χ1) is 15.2. The van der Waals surface area contributed by atoms with Crippen LogP contribution in [-0.2, 0) is 16.6 Å². The molecule has 2 heterocycles. The molecule has 0 N–H and O–H groups in total. The lowest BCUT2D eigenvalue weighted by atomic mass is 9.91. The molecule has 0 aliphatic carbocycles. The van der Waals surface area contributed by atoms with Gasteiger partial charge in [0, 0.05) is 35.3 Å². The van der Waals surface area contributed by atoms with Crippen LogP contribution in [-0.4, -0.2) is 51.8 Å². The van der Waals surface area contributed by atoms with Gasteiger partial charge in [-0.2, -0.15) is 5.10 Å². The number of likely N-dealkylation sites (N-methyl/N-ethyl adjacent to an activating group) is 1. The first-order valence-electron chi connectivity index (χ1n) is 11.2. The first-order valence-corrected chi connectivity index (χ1v) is 11.2. The molecule has 0 aliphatic heterocycles. The zero-order chi connectivity index (χ0) is 23.5. The van der Waals surface area contributed by atoms with Crippen molar-refractivity contribution in [3.05, 3.63) is 47.3 Å². The second-order valence-corrected chi connectivity index (χ2v) is 8.90. The van der Waals surface area contributed by atoms with Gasteiger partial charge in [0.2, 0.25) is 5.91 Å². The molecule has 0 saturated heterocycles. The molecule has 0 bridgehead atoms. The molecule has 3 aromatic rings. The SMILES string of the molecule is CCN(CC)C(=O)Cc1c(-c2ccc(OCCF)cc2)nn2c(C(C)(C)C)cc(C)nc12. The number of rotatable bonds is 8. The Morgan fingerprint density at radius 1 is 1.16 bits per heavy atom. The van der Waals surface area contributed by atoms with Crippen LogP contribution in [0, 0.1) is 6.92 Å². The number of carbonyl (C=O) groups excluding carboxylic acids is 1. The molecule has 7 heteroatoms. The monoisotopic (exact) mass is 440 g/mol. The number of aryl methyl sites for hydroxylation is 1. The zero-order valence-electron chi connectivity index (χ0n) is 19.9. The minimum absolute atomic E-state index is 0.0233. The van der Waals surface area contributed by atoms with E-state index in [9.17, 15) is 9.18 Å². The molecule has 172 valence electrons. The van der Waals surface area contributed by atoms with Crippen molar-refractivity contribution < 1.29 is 13.9 Å². The number of aromatic nitrogens is 3. The fourth-order valence-corrected chi connectivity index (χ4v) is 3.82. The number of alkyl halides is 1. The van der Waals surface area contributed by atoms with E-state index in [1.165, 1.54) is 0 Å². The van der Waals surface area contributed by atoms with Gasteiger partial charge >= 0.3 is 0 Å². The van der Waals surface area contributed by atoms with E-state index in [0.717, 1.165) is 28.2 Å². The highest BCUT2D eigenvalue weighted by Gasteiger charge is 2.26. The molecule has 1 aromatic carbocycles. The van der Waals surface area contributed by atoms with Gasteiger partial charge in [0.25, 0.3) is 0 Å². The minimum Gasteiger partial charge on any atom is -0.491 e. The maximum absolute atomic E-state index is 13.0. The van der Waals surface area contributed by atoms with Crippen molar-refractivity contribution in [3.63, 3.8) is 0 Å². The molecule has 0 saturated carbocycles. The van der Waals surface area contributed by atoms with E-state index in [-0.39, 0.29) is 24.3 Å². The summed E-state index contributed by atoms with van der Waals surface area (Å²) in [6.07, 6.45) is 0.223. The summed E-state index contributed by atoms with van der Waals surface area (Å²) in [6.45, 7) is 13.1. The van der Waals surface area contributed by atoms with E-state index >= 15 is 0 Å². The van der Waals surface area contributed by atoms with E-state index in [1.807, 2.05) is 48.4 Å². The van der Waals surface area contributed by atoms with E-state index in [1.54, 1.807) is 12.1 Å². The number of benzene rings is 1.